The third-order valence-electron chi connectivity index (χ3n) is 2.06. The zero-order valence-electron chi connectivity index (χ0n) is 9.18. The maximum Gasteiger partial charge on any atom is 0.262 e. The average molecular weight is 295 g/mol. The van der Waals surface area contributed by atoms with E-state index < -0.39 is 0 Å². The molecule has 0 aliphatic carbocycles. The predicted octanol–water partition coefficient (Wildman–Crippen LogP) is 3.23. The fraction of sp³-hybridized carbons (Fsp3) is 0.0833. The molecule has 0 unspecified atom stereocenters. The van der Waals surface area contributed by atoms with E-state index in [0.29, 0.717) is 23.1 Å². The summed E-state index contributed by atoms with van der Waals surface area (Å²) in [4.78, 5) is 4.10. The van der Waals surface area contributed by atoms with Crippen LogP contribution in [0, 0.1) is 0 Å². The highest BCUT2D eigenvalue weighted by atomic mass is 79.9. The second-order valence-electron chi connectivity index (χ2n) is 3.33. The lowest BCUT2D eigenvalue weighted by Gasteiger charge is -2.09. The number of rotatable bonds is 3. The van der Waals surface area contributed by atoms with Crippen molar-refractivity contribution < 1.29 is 9.47 Å². The first kappa shape index (κ1) is 11.7. The van der Waals surface area contributed by atoms with E-state index in [-0.39, 0.29) is 0 Å². The summed E-state index contributed by atoms with van der Waals surface area (Å²) < 4.78 is 11.6. The predicted molar refractivity (Wildman–Crippen MR) is 69.4 cm³/mol. The Morgan fingerprint density at radius 3 is 2.82 bits per heavy atom. The lowest BCUT2D eigenvalue weighted by molar-refractivity contribution is 0.369. The molecule has 2 rings (SSSR count). The van der Waals surface area contributed by atoms with Gasteiger partial charge in [-0.15, -0.1) is 0 Å². The van der Waals surface area contributed by atoms with Crippen LogP contribution in [0.5, 0.6) is 17.4 Å². The minimum atomic E-state index is 0.410. The topological polar surface area (TPSA) is 57.4 Å². The van der Waals surface area contributed by atoms with E-state index >= 15 is 0 Å². The molecule has 0 aliphatic heterocycles. The number of aromatic nitrogens is 1. The zero-order valence-corrected chi connectivity index (χ0v) is 10.8. The highest BCUT2D eigenvalue weighted by Crippen LogP contribution is 2.31. The number of hydrogen-bond acceptors (Lipinski definition) is 4. The summed E-state index contributed by atoms with van der Waals surface area (Å²) in [5, 5.41) is 0. The fourth-order valence-corrected chi connectivity index (χ4v) is 1.85. The Hall–Kier alpha value is -1.75. The molecule has 0 aliphatic rings. The quantitative estimate of drug-likeness (QED) is 0.883. The van der Waals surface area contributed by atoms with Gasteiger partial charge < -0.3 is 15.2 Å². The molecule has 5 heteroatoms. The fourth-order valence-electron chi connectivity index (χ4n) is 1.36. The molecule has 0 saturated heterocycles. The van der Waals surface area contributed by atoms with Crippen molar-refractivity contribution in [3.8, 4) is 17.4 Å². The first-order valence-electron chi connectivity index (χ1n) is 4.92. The van der Waals surface area contributed by atoms with Crippen LogP contribution in [0.4, 0.5) is 5.69 Å². The first-order chi connectivity index (χ1) is 8.19. The van der Waals surface area contributed by atoms with Gasteiger partial charge in [-0.2, -0.15) is 0 Å². The number of benzene rings is 1. The molecule has 4 nitrogen and oxygen atoms in total. The Bertz CT molecular complexity index is 511. The Kier molecular flexibility index (Phi) is 3.49. The molecule has 1 aromatic heterocycles. The van der Waals surface area contributed by atoms with Gasteiger partial charge in [0.25, 0.3) is 5.88 Å². The van der Waals surface area contributed by atoms with E-state index in [1.165, 1.54) is 0 Å². The van der Waals surface area contributed by atoms with Gasteiger partial charge in [0.1, 0.15) is 5.75 Å². The summed E-state index contributed by atoms with van der Waals surface area (Å²) in [6.45, 7) is 0. The van der Waals surface area contributed by atoms with Crippen molar-refractivity contribution >= 4 is 21.6 Å². The number of hydrogen-bond donors (Lipinski definition) is 1. The van der Waals surface area contributed by atoms with Crippen molar-refractivity contribution in [2.75, 3.05) is 12.8 Å². The van der Waals surface area contributed by atoms with Crippen LogP contribution in [-0.2, 0) is 0 Å². The average Bonchev–Trinajstić information content (AvgIpc) is 2.28. The molecule has 2 aromatic rings. The molecule has 2 N–H and O–H groups in total. The maximum absolute atomic E-state index is 5.72. The number of nitrogens with two attached hydrogens (primary N) is 1. The van der Waals surface area contributed by atoms with Crippen LogP contribution in [0.2, 0.25) is 0 Å². The molecule has 0 amide bonds. The van der Waals surface area contributed by atoms with E-state index in [2.05, 4.69) is 20.9 Å². The van der Waals surface area contributed by atoms with Crippen LogP contribution < -0.4 is 15.2 Å². The summed E-state index contributed by atoms with van der Waals surface area (Å²) in [7, 11) is 1.57. The standard InChI is InChI=1S/C12H11BrN2O2/c1-16-11-3-2-4-15-12(11)17-10-6-8(13)5-9(14)7-10/h2-7H,14H2,1H3. The van der Waals surface area contributed by atoms with Crippen LogP contribution in [0.1, 0.15) is 0 Å². The number of methoxy groups -OCH3 is 1. The van der Waals surface area contributed by atoms with Gasteiger partial charge in [-0.05, 0) is 24.3 Å². The lowest BCUT2D eigenvalue weighted by atomic mass is 10.3. The number of halogens is 1. The summed E-state index contributed by atoms with van der Waals surface area (Å²) in [6, 6.07) is 8.89. The monoisotopic (exact) mass is 294 g/mol. The third-order valence-corrected chi connectivity index (χ3v) is 2.52. The number of nitrogens with zero attached hydrogens (tertiary/aromatic N) is 1. The highest BCUT2D eigenvalue weighted by Gasteiger charge is 2.06. The minimum Gasteiger partial charge on any atom is -0.491 e. The molecule has 0 bridgehead atoms. The molecule has 0 saturated carbocycles. The van der Waals surface area contributed by atoms with Crippen molar-refractivity contribution in [2.45, 2.75) is 0 Å². The first-order valence-corrected chi connectivity index (χ1v) is 5.71. The van der Waals surface area contributed by atoms with Gasteiger partial charge in [-0.25, -0.2) is 4.98 Å². The van der Waals surface area contributed by atoms with E-state index in [4.69, 9.17) is 15.2 Å². The molecular formula is C12H11BrN2O2. The summed E-state index contributed by atoms with van der Waals surface area (Å²) in [5.41, 5.74) is 6.34. The molecule has 17 heavy (non-hydrogen) atoms. The Labute approximate surface area is 108 Å². The van der Waals surface area contributed by atoms with Gasteiger partial charge in [0.15, 0.2) is 5.75 Å². The van der Waals surface area contributed by atoms with Crippen molar-refractivity contribution in [2.24, 2.45) is 0 Å². The Balaban J connectivity index is 2.31. The number of anilines is 1. The van der Waals surface area contributed by atoms with Gasteiger partial charge in [0.05, 0.1) is 7.11 Å². The molecule has 0 spiro atoms. The zero-order chi connectivity index (χ0) is 12.3. The van der Waals surface area contributed by atoms with Crippen LogP contribution in [0.25, 0.3) is 0 Å². The molecule has 1 heterocycles. The van der Waals surface area contributed by atoms with E-state index in [1.54, 1.807) is 37.6 Å². The van der Waals surface area contributed by atoms with E-state index in [9.17, 15) is 0 Å². The number of pyridine rings is 1. The second-order valence-corrected chi connectivity index (χ2v) is 4.25. The van der Waals surface area contributed by atoms with Gasteiger partial charge in [-0.1, -0.05) is 15.9 Å². The van der Waals surface area contributed by atoms with Crippen molar-refractivity contribution in [3.05, 3.63) is 41.0 Å². The number of nitrogen functional groups attached to an aromatic ring is 1. The summed E-state index contributed by atoms with van der Waals surface area (Å²) in [6.07, 6.45) is 1.64. The molecule has 1 aromatic carbocycles. The molecule has 0 radical (unpaired) electrons. The Morgan fingerprint density at radius 2 is 2.12 bits per heavy atom. The Morgan fingerprint density at radius 1 is 1.29 bits per heavy atom. The van der Waals surface area contributed by atoms with Crippen LogP contribution in [-0.4, -0.2) is 12.1 Å². The minimum absolute atomic E-state index is 0.410. The van der Waals surface area contributed by atoms with E-state index in [0.717, 1.165) is 4.47 Å². The smallest absolute Gasteiger partial charge is 0.262 e. The lowest BCUT2D eigenvalue weighted by Crippen LogP contribution is -1.93. The normalized spacial score (nSPS) is 10.0. The van der Waals surface area contributed by atoms with Crippen LogP contribution in [0.3, 0.4) is 0 Å². The highest BCUT2D eigenvalue weighted by molar-refractivity contribution is 9.10. The second kappa shape index (κ2) is 5.05. The molecular weight excluding hydrogens is 284 g/mol. The van der Waals surface area contributed by atoms with Gasteiger partial charge >= 0.3 is 0 Å². The molecule has 0 atom stereocenters. The third kappa shape index (κ3) is 2.88. The molecule has 0 fully saturated rings. The summed E-state index contributed by atoms with van der Waals surface area (Å²) >= 11 is 3.35. The van der Waals surface area contributed by atoms with Gasteiger partial charge in [0, 0.05) is 22.4 Å². The molecule has 88 valence electrons. The van der Waals surface area contributed by atoms with Crippen molar-refractivity contribution in [3.63, 3.8) is 0 Å². The van der Waals surface area contributed by atoms with Crippen LogP contribution >= 0.6 is 15.9 Å². The van der Waals surface area contributed by atoms with Gasteiger partial charge in [0.2, 0.25) is 0 Å². The number of ether oxygens (including phenoxy) is 2. The van der Waals surface area contributed by atoms with Crippen molar-refractivity contribution in [1.29, 1.82) is 0 Å². The summed E-state index contributed by atoms with van der Waals surface area (Å²) in [5.74, 6) is 1.59. The SMILES string of the molecule is COc1cccnc1Oc1cc(N)cc(Br)c1. The largest absolute Gasteiger partial charge is 0.491 e. The van der Waals surface area contributed by atoms with Crippen molar-refractivity contribution in [1.82, 2.24) is 4.98 Å². The van der Waals surface area contributed by atoms with Crippen LogP contribution in [0.15, 0.2) is 41.0 Å². The maximum atomic E-state index is 5.72. The van der Waals surface area contributed by atoms with E-state index in [1.807, 2.05) is 6.07 Å². The van der Waals surface area contributed by atoms with Gasteiger partial charge in [-0.3, -0.25) is 0 Å².